The smallest absolute Gasteiger partial charge is 0.257 e. The minimum absolute atomic E-state index is 0.282. The van der Waals surface area contributed by atoms with Gasteiger partial charge in [0.2, 0.25) is 5.95 Å². The van der Waals surface area contributed by atoms with Crippen molar-refractivity contribution in [3.8, 4) is 22.9 Å². The molecule has 0 spiro atoms. The molecule has 3 aromatic heterocycles. The zero-order valence-electron chi connectivity index (χ0n) is 16.4. The second-order valence-corrected chi connectivity index (χ2v) is 6.68. The molecule has 0 aromatic carbocycles. The Morgan fingerprint density at radius 1 is 1.07 bits per heavy atom. The monoisotopic (exact) mass is 393 g/mol. The number of anilines is 2. The summed E-state index contributed by atoms with van der Waals surface area (Å²) in [5.41, 5.74) is 2.72. The van der Waals surface area contributed by atoms with Crippen LogP contribution >= 0.6 is 0 Å². The van der Waals surface area contributed by atoms with Crippen LogP contribution in [-0.2, 0) is 0 Å². The molecule has 4 rings (SSSR count). The highest BCUT2D eigenvalue weighted by Crippen LogP contribution is 2.36. The third-order valence-corrected chi connectivity index (χ3v) is 4.72. The predicted octanol–water partition coefficient (Wildman–Crippen LogP) is 2.75. The van der Waals surface area contributed by atoms with Crippen molar-refractivity contribution in [2.24, 2.45) is 0 Å². The van der Waals surface area contributed by atoms with E-state index >= 15 is 0 Å². The Labute approximate surface area is 169 Å². The molecule has 150 valence electrons. The summed E-state index contributed by atoms with van der Waals surface area (Å²) in [5.74, 6) is 2.96. The Hall–Kier alpha value is -3.49. The average Bonchev–Trinajstić information content (AvgIpc) is 2.79. The number of rotatable bonds is 7. The van der Waals surface area contributed by atoms with Gasteiger partial charge in [0.05, 0.1) is 5.69 Å². The summed E-state index contributed by atoms with van der Waals surface area (Å²) >= 11 is 0. The van der Waals surface area contributed by atoms with E-state index in [1.54, 1.807) is 25.6 Å². The van der Waals surface area contributed by atoms with E-state index < -0.39 is 0 Å². The number of aromatic nitrogens is 5. The molecule has 1 unspecified atom stereocenters. The van der Waals surface area contributed by atoms with E-state index in [2.05, 4.69) is 42.5 Å². The van der Waals surface area contributed by atoms with Gasteiger partial charge in [-0.05, 0) is 18.4 Å². The Morgan fingerprint density at radius 2 is 1.90 bits per heavy atom. The quantitative estimate of drug-likeness (QED) is 0.626. The van der Waals surface area contributed by atoms with Crippen molar-refractivity contribution in [1.29, 1.82) is 0 Å². The minimum atomic E-state index is 0.282. The van der Waals surface area contributed by atoms with Crippen molar-refractivity contribution < 1.29 is 9.47 Å². The first-order valence-corrected chi connectivity index (χ1v) is 9.55. The molecule has 9 nitrogen and oxygen atoms in total. The molecule has 0 aliphatic carbocycles. The van der Waals surface area contributed by atoms with Crippen LogP contribution in [0, 0.1) is 0 Å². The minimum Gasteiger partial charge on any atom is -0.484 e. The van der Waals surface area contributed by atoms with E-state index in [4.69, 9.17) is 9.47 Å². The molecule has 0 bridgehead atoms. The summed E-state index contributed by atoms with van der Waals surface area (Å²) in [4.78, 5) is 21.3. The predicted molar refractivity (Wildman–Crippen MR) is 109 cm³/mol. The molecule has 1 atom stereocenters. The Morgan fingerprint density at radius 3 is 2.72 bits per heavy atom. The maximum atomic E-state index is 5.78. The van der Waals surface area contributed by atoms with Crippen molar-refractivity contribution in [2.75, 3.05) is 37.4 Å². The summed E-state index contributed by atoms with van der Waals surface area (Å²) in [6.45, 7) is 4.02. The van der Waals surface area contributed by atoms with Gasteiger partial charge >= 0.3 is 0 Å². The van der Waals surface area contributed by atoms with E-state index in [0.717, 1.165) is 41.4 Å². The molecule has 29 heavy (non-hydrogen) atoms. The number of fused-ring (bicyclic) bond motifs is 1. The topological polar surface area (TPSA) is 107 Å². The Bertz CT molecular complexity index is 965. The van der Waals surface area contributed by atoms with E-state index in [-0.39, 0.29) is 5.92 Å². The van der Waals surface area contributed by atoms with Crippen molar-refractivity contribution >= 4 is 11.8 Å². The lowest BCUT2D eigenvalue weighted by Gasteiger charge is -2.22. The lowest BCUT2D eigenvalue weighted by molar-refractivity contribution is 0.162. The van der Waals surface area contributed by atoms with Crippen molar-refractivity contribution in [2.45, 2.75) is 19.3 Å². The molecular formula is C20H23N7O2. The van der Waals surface area contributed by atoms with Crippen LogP contribution in [0.5, 0.6) is 11.6 Å². The SMILES string of the molecule is CNc1ncc(-c2cc(NCCC(C)c3ccnc4c3OCCO4)ncn2)cn1. The fourth-order valence-electron chi connectivity index (χ4n) is 3.13. The van der Waals surface area contributed by atoms with Gasteiger partial charge in [0.15, 0.2) is 5.75 Å². The third kappa shape index (κ3) is 4.34. The fourth-order valence-corrected chi connectivity index (χ4v) is 3.13. The van der Waals surface area contributed by atoms with Gasteiger partial charge in [-0.2, -0.15) is 0 Å². The molecule has 1 aliphatic heterocycles. The summed E-state index contributed by atoms with van der Waals surface area (Å²) < 4.78 is 11.4. The Balaban J connectivity index is 1.38. The van der Waals surface area contributed by atoms with Gasteiger partial charge in [0.25, 0.3) is 5.88 Å². The number of hydrogen-bond acceptors (Lipinski definition) is 9. The van der Waals surface area contributed by atoms with E-state index in [0.29, 0.717) is 25.0 Å². The van der Waals surface area contributed by atoms with E-state index in [9.17, 15) is 0 Å². The highest BCUT2D eigenvalue weighted by Gasteiger charge is 2.20. The maximum Gasteiger partial charge on any atom is 0.257 e. The first-order chi connectivity index (χ1) is 14.2. The molecule has 4 heterocycles. The van der Waals surface area contributed by atoms with Crippen LogP contribution in [0.1, 0.15) is 24.8 Å². The highest BCUT2D eigenvalue weighted by molar-refractivity contribution is 5.60. The first kappa shape index (κ1) is 18.9. The van der Waals surface area contributed by atoms with Crippen molar-refractivity contribution in [1.82, 2.24) is 24.9 Å². The largest absolute Gasteiger partial charge is 0.484 e. The number of nitrogens with zero attached hydrogens (tertiary/aromatic N) is 5. The third-order valence-electron chi connectivity index (χ3n) is 4.72. The van der Waals surface area contributed by atoms with Gasteiger partial charge in [0.1, 0.15) is 25.4 Å². The van der Waals surface area contributed by atoms with Crippen LogP contribution < -0.4 is 20.1 Å². The Kier molecular flexibility index (Phi) is 5.64. The van der Waals surface area contributed by atoms with Crippen LogP contribution in [-0.4, -0.2) is 51.7 Å². The zero-order valence-corrected chi connectivity index (χ0v) is 16.4. The first-order valence-electron chi connectivity index (χ1n) is 9.55. The lowest BCUT2D eigenvalue weighted by atomic mass is 9.97. The summed E-state index contributed by atoms with van der Waals surface area (Å²) in [6.07, 6.45) is 7.69. The fraction of sp³-hybridized carbons (Fsp3) is 0.350. The molecule has 3 aromatic rings. The molecular weight excluding hydrogens is 370 g/mol. The molecule has 9 heteroatoms. The zero-order chi connectivity index (χ0) is 20.1. The summed E-state index contributed by atoms with van der Waals surface area (Å²) in [5, 5.41) is 6.27. The van der Waals surface area contributed by atoms with Gasteiger partial charge < -0.3 is 20.1 Å². The molecule has 0 fully saturated rings. The van der Waals surface area contributed by atoms with E-state index in [1.807, 2.05) is 12.1 Å². The number of ether oxygens (including phenoxy) is 2. The number of pyridine rings is 1. The number of nitrogens with one attached hydrogen (secondary N) is 2. The summed E-state index contributed by atoms with van der Waals surface area (Å²) in [7, 11) is 1.78. The van der Waals surface area contributed by atoms with Crippen molar-refractivity contribution in [3.05, 3.63) is 42.6 Å². The van der Waals surface area contributed by atoms with Gasteiger partial charge in [-0.25, -0.2) is 24.9 Å². The maximum absolute atomic E-state index is 5.78. The van der Waals surface area contributed by atoms with Crippen LogP contribution in [0.25, 0.3) is 11.3 Å². The van der Waals surface area contributed by atoms with Gasteiger partial charge in [-0.3, -0.25) is 0 Å². The standard InChI is InChI=1S/C20H23N7O2/c1-13(15-4-6-23-19-18(15)28-7-8-29-19)3-5-22-17-9-16(26-12-27-17)14-10-24-20(21-2)25-11-14/h4,6,9-13H,3,5,7-8H2,1-2H3,(H,21,24,25)(H,22,26,27). The molecule has 0 amide bonds. The molecule has 0 radical (unpaired) electrons. The van der Waals surface area contributed by atoms with Crippen molar-refractivity contribution in [3.63, 3.8) is 0 Å². The van der Waals surface area contributed by atoms with Gasteiger partial charge in [-0.15, -0.1) is 0 Å². The lowest BCUT2D eigenvalue weighted by Crippen LogP contribution is -2.18. The van der Waals surface area contributed by atoms with Gasteiger partial charge in [-0.1, -0.05) is 6.92 Å². The van der Waals surface area contributed by atoms with E-state index in [1.165, 1.54) is 6.33 Å². The normalized spacial score (nSPS) is 13.6. The second kappa shape index (κ2) is 8.68. The number of hydrogen-bond donors (Lipinski definition) is 2. The molecule has 0 saturated carbocycles. The second-order valence-electron chi connectivity index (χ2n) is 6.68. The van der Waals surface area contributed by atoms with Gasteiger partial charge in [0, 0.05) is 49.4 Å². The summed E-state index contributed by atoms with van der Waals surface area (Å²) in [6, 6.07) is 3.89. The molecule has 1 aliphatic rings. The van der Waals surface area contributed by atoms with Crippen LogP contribution in [0.3, 0.4) is 0 Å². The molecule has 0 saturated heterocycles. The van der Waals surface area contributed by atoms with Crippen LogP contribution in [0.4, 0.5) is 11.8 Å². The molecule has 2 N–H and O–H groups in total. The highest BCUT2D eigenvalue weighted by atomic mass is 16.6. The van der Waals surface area contributed by atoms with Crippen LogP contribution in [0.2, 0.25) is 0 Å². The van der Waals surface area contributed by atoms with Crippen LogP contribution in [0.15, 0.2) is 37.1 Å². The average molecular weight is 393 g/mol.